The molecule has 0 saturated heterocycles. The minimum atomic E-state index is -4.59. The quantitative estimate of drug-likeness (QED) is 0.0201. The van der Waals surface area contributed by atoms with Gasteiger partial charge in [0, 0.05) is 12.8 Å². The lowest BCUT2D eigenvalue weighted by Gasteiger charge is -2.28. The average molecular weight is 770 g/mol. The first-order valence-electron chi connectivity index (χ1n) is 21.9. The third kappa shape index (κ3) is 38.7. The van der Waals surface area contributed by atoms with Crippen molar-refractivity contribution in [2.24, 2.45) is 5.92 Å². The zero-order chi connectivity index (χ0) is 39.3. The summed E-state index contributed by atoms with van der Waals surface area (Å²) in [6.45, 7) is 4.43. The molecule has 0 radical (unpaired) electrons. The molecule has 53 heavy (non-hydrogen) atoms. The number of ether oxygens (including phenoxy) is 1. The van der Waals surface area contributed by atoms with Crippen molar-refractivity contribution in [3.8, 4) is 0 Å². The van der Waals surface area contributed by atoms with Crippen LogP contribution in [0.25, 0.3) is 0 Å². The lowest BCUT2D eigenvalue weighted by molar-refractivity contribution is -0.870. The number of hydrogen-bond acceptors (Lipinski definition) is 7. The summed E-state index contributed by atoms with van der Waals surface area (Å²) in [6, 6.07) is 0. The molecule has 312 valence electrons. The number of quaternary nitrogens is 1. The van der Waals surface area contributed by atoms with Crippen molar-refractivity contribution >= 4 is 19.6 Å². The van der Waals surface area contributed by atoms with Crippen molar-refractivity contribution in [2.45, 2.75) is 194 Å². The van der Waals surface area contributed by atoms with E-state index in [-0.39, 0.29) is 31.6 Å². The second kappa shape index (κ2) is 36.3. The van der Waals surface area contributed by atoms with Crippen LogP contribution in [0.15, 0.2) is 24.3 Å². The molecule has 0 saturated carbocycles. The van der Waals surface area contributed by atoms with Crippen LogP contribution in [0.3, 0.4) is 0 Å². The highest BCUT2D eigenvalue weighted by atomic mass is 31.2. The van der Waals surface area contributed by atoms with Gasteiger partial charge in [-0.25, -0.2) is 0 Å². The third-order valence-corrected chi connectivity index (χ3v) is 10.6. The molecule has 0 aliphatic carbocycles. The minimum absolute atomic E-state index is 0.0112. The first-order chi connectivity index (χ1) is 25.5. The molecule has 0 N–H and O–H groups in total. The van der Waals surface area contributed by atoms with Gasteiger partial charge in [-0.15, -0.1) is 0 Å². The van der Waals surface area contributed by atoms with E-state index < -0.39 is 13.7 Å². The zero-order valence-electron chi connectivity index (χ0n) is 35.3. The van der Waals surface area contributed by atoms with Gasteiger partial charge in [0.05, 0.1) is 33.7 Å². The van der Waals surface area contributed by atoms with Gasteiger partial charge in [-0.1, -0.05) is 141 Å². The summed E-state index contributed by atoms with van der Waals surface area (Å²) in [6.07, 6.45) is 40.5. The molecular weight excluding hydrogens is 685 g/mol. The third-order valence-electron chi connectivity index (χ3n) is 9.67. The fraction of sp³-hybridized carbons (Fsp3) is 0.864. The Morgan fingerprint density at radius 3 is 1.40 bits per heavy atom. The van der Waals surface area contributed by atoms with Crippen LogP contribution in [-0.2, 0) is 27.9 Å². The highest BCUT2D eigenvalue weighted by Gasteiger charge is 2.24. The van der Waals surface area contributed by atoms with Crippen molar-refractivity contribution in [1.82, 2.24) is 0 Å². The Hall–Kier alpha value is -1.31. The zero-order valence-corrected chi connectivity index (χ0v) is 36.2. The summed E-state index contributed by atoms with van der Waals surface area (Å²) in [5.41, 5.74) is 0. The number of phosphoric acid groups is 1. The monoisotopic (exact) mass is 770 g/mol. The minimum Gasteiger partial charge on any atom is -0.756 e. The summed E-state index contributed by atoms with van der Waals surface area (Å²) >= 11 is 0. The number of carbonyl (C=O) groups is 2. The van der Waals surface area contributed by atoms with E-state index in [0.29, 0.717) is 23.9 Å². The van der Waals surface area contributed by atoms with Crippen LogP contribution in [0.2, 0.25) is 0 Å². The molecule has 0 aliphatic rings. The lowest BCUT2D eigenvalue weighted by Crippen LogP contribution is -2.37. The van der Waals surface area contributed by atoms with E-state index in [1.54, 1.807) is 0 Å². The van der Waals surface area contributed by atoms with Crippen molar-refractivity contribution in [2.75, 3.05) is 47.5 Å². The maximum atomic E-state index is 13.1. The lowest BCUT2D eigenvalue weighted by atomic mass is 9.99. The number of Topliss-reactive ketones (excluding diaryl/α,β-unsaturated/α-hetero) is 1. The Labute approximate surface area is 327 Å². The standard InChI is InChI=1S/C44H84NO7P/c1-6-8-10-12-14-16-18-20-22-24-26-28-30-32-34-36-43(46)42(41-52-53(48,49)51-39-38-45(3,4)5)40-50-44(47)37-35-33-31-29-27-25-23-21-19-17-15-13-11-9-7-2/h20-23,42H,6-19,24-41H2,1-5H3/b22-20-,23-21+. The van der Waals surface area contributed by atoms with Gasteiger partial charge in [-0.05, 0) is 64.2 Å². The summed E-state index contributed by atoms with van der Waals surface area (Å²) in [5.74, 6) is -1.33. The van der Waals surface area contributed by atoms with Gasteiger partial charge >= 0.3 is 5.97 Å². The number of esters is 1. The molecule has 9 heteroatoms. The average Bonchev–Trinajstić information content (AvgIpc) is 3.10. The van der Waals surface area contributed by atoms with Crippen LogP contribution in [-0.4, -0.2) is 63.7 Å². The van der Waals surface area contributed by atoms with Gasteiger partial charge in [-0.3, -0.25) is 14.2 Å². The summed E-state index contributed by atoms with van der Waals surface area (Å²) in [5, 5.41) is 0. The fourth-order valence-corrected chi connectivity index (χ4v) is 6.80. The summed E-state index contributed by atoms with van der Waals surface area (Å²) < 4.78 is 28.6. The van der Waals surface area contributed by atoms with Gasteiger partial charge in [0.25, 0.3) is 7.82 Å². The number of hydrogen-bond donors (Lipinski definition) is 0. The maximum absolute atomic E-state index is 13.1. The number of carbonyl (C=O) groups excluding carboxylic acids is 2. The van der Waals surface area contributed by atoms with Crippen LogP contribution in [0.4, 0.5) is 0 Å². The van der Waals surface area contributed by atoms with Gasteiger partial charge in [-0.2, -0.15) is 0 Å². The van der Waals surface area contributed by atoms with Crippen LogP contribution in [0.5, 0.6) is 0 Å². The predicted octanol–water partition coefficient (Wildman–Crippen LogP) is 12.0. The largest absolute Gasteiger partial charge is 0.756 e. The second-order valence-corrected chi connectivity index (χ2v) is 17.5. The Bertz CT molecular complexity index is 962. The van der Waals surface area contributed by atoms with E-state index in [4.69, 9.17) is 13.8 Å². The second-order valence-electron chi connectivity index (χ2n) is 16.1. The molecule has 2 atom stereocenters. The van der Waals surface area contributed by atoms with Crippen molar-refractivity contribution in [1.29, 1.82) is 0 Å². The van der Waals surface area contributed by atoms with E-state index >= 15 is 0 Å². The first kappa shape index (κ1) is 51.7. The normalized spacial score (nSPS) is 13.9. The van der Waals surface area contributed by atoms with E-state index in [9.17, 15) is 19.0 Å². The molecule has 0 fully saturated rings. The number of nitrogens with zero attached hydrogens (tertiary/aromatic N) is 1. The van der Waals surface area contributed by atoms with E-state index in [1.165, 1.54) is 96.3 Å². The number of ketones is 1. The molecule has 0 rings (SSSR count). The Kier molecular flexibility index (Phi) is 35.4. The predicted molar refractivity (Wildman–Crippen MR) is 221 cm³/mol. The summed E-state index contributed by atoms with van der Waals surface area (Å²) in [7, 11) is 1.23. The Morgan fingerprint density at radius 1 is 0.566 bits per heavy atom. The molecule has 0 spiro atoms. The SMILES string of the molecule is CCCCCCCC/C=C\CCCCCCCC(=O)C(COC(=O)CCCCCCC/C=C/CCCCCCCC)COP(=O)([O-])OCC[N+](C)(C)C. The molecule has 0 amide bonds. The van der Waals surface area contributed by atoms with Crippen LogP contribution in [0, 0.1) is 5.92 Å². The number of rotatable bonds is 40. The number of phosphoric ester groups is 1. The molecule has 0 aromatic carbocycles. The molecular formula is C44H84NO7P. The van der Waals surface area contributed by atoms with E-state index in [2.05, 4.69) is 38.2 Å². The highest BCUT2D eigenvalue weighted by molar-refractivity contribution is 7.45. The maximum Gasteiger partial charge on any atom is 0.305 e. The van der Waals surface area contributed by atoms with Crippen molar-refractivity contribution < 1.29 is 37.3 Å². The van der Waals surface area contributed by atoms with Gasteiger partial charge < -0.3 is 23.2 Å². The van der Waals surface area contributed by atoms with E-state index in [1.807, 2.05) is 21.1 Å². The number of allylic oxidation sites excluding steroid dienone is 4. The van der Waals surface area contributed by atoms with Crippen molar-refractivity contribution in [3.63, 3.8) is 0 Å². The summed E-state index contributed by atoms with van der Waals surface area (Å²) in [4.78, 5) is 38.1. The molecule has 0 aromatic heterocycles. The highest BCUT2D eigenvalue weighted by Crippen LogP contribution is 2.38. The Morgan fingerprint density at radius 2 is 0.962 bits per heavy atom. The van der Waals surface area contributed by atoms with Gasteiger partial charge in [0.2, 0.25) is 0 Å². The number of likely N-dealkylation sites (N-methyl/N-ethyl adjacent to an activating group) is 1. The molecule has 0 bridgehead atoms. The molecule has 0 heterocycles. The smallest absolute Gasteiger partial charge is 0.305 e. The number of unbranched alkanes of at least 4 members (excludes halogenated alkanes) is 22. The van der Waals surface area contributed by atoms with E-state index in [0.717, 1.165) is 70.6 Å². The topological polar surface area (TPSA) is 102 Å². The fourth-order valence-electron chi connectivity index (χ4n) is 6.06. The van der Waals surface area contributed by atoms with Gasteiger partial charge in [0.1, 0.15) is 25.5 Å². The van der Waals surface area contributed by atoms with Crippen LogP contribution in [0.1, 0.15) is 194 Å². The first-order valence-corrected chi connectivity index (χ1v) is 23.4. The van der Waals surface area contributed by atoms with Crippen LogP contribution >= 0.6 is 7.82 Å². The molecule has 0 aliphatic heterocycles. The molecule has 8 nitrogen and oxygen atoms in total. The van der Waals surface area contributed by atoms with Crippen LogP contribution < -0.4 is 4.89 Å². The molecule has 0 aromatic rings. The van der Waals surface area contributed by atoms with Crippen molar-refractivity contribution in [3.05, 3.63) is 24.3 Å². The molecule has 2 unspecified atom stereocenters. The Balaban J connectivity index is 4.41. The van der Waals surface area contributed by atoms with Gasteiger partial charge in [0.15, 0.2) is 0 Å².